The van der Waals surface area contributed by atoms with Crippen molar-refractivity contribution < 1.29 is 19.5 Å². The van der Waals surface area contributed by atoms with Crippen LogP contribution in [0.25, 0.3) is 0 Å². The second-order valence-electron chi connectivity index (χ2n) is 5.97. The van der Waals surface area contributed by atoms with Gasteiger partial charge < -0.3 is 15.3 Å². The maximum atomic E-state index is 12.8. The summed E-state index contributed by atoms with van der Waals surface area (Å²) in [4.78, 5) is 38.4. The summed E-state index contributed by atoms with van der Waals surface area (Å²) >= 11 is 1.29. The summed E-state index contributed by atoms with van der Waals surface area (Å²) in [7, 11) is 0. The lowest BCUT2D eigenvalue weighted by molar-refractivity contribution is -0.152. The molecule has 0 bridgehead atoms. The Hall–Kier alpha value is -2.67. The number of carboxylic acid groups (broad SMARTS) is 1. The van der Waals surface area contributed by atoms with Gasteiger partial charge in [-0.2, -0.15) is 0 Å². The summed E-state index contributed by atoms with van der Waals surface area (Å²) in [5.74, 6) is -1.77. The van der Waals surface area contributed by atoms with E-state index in [1.807, 2.05) is 24.3 Å². The summed E-state index contributed by atoms with van der Waals surface area (Å²) in [6.45, 7) is 1.80. The van der Waals surface area contributed by atoms with Crippen molar-refractivity contribution >= 4 is 29.1 Å². The topological polar surface area (TPSA) is 86.7 Å². The van der Waals surface area contributed by atoms with E-state index < -0.39 is 24.0 Å². The van der Waals surface area contributed by atoms with E-state index in [1.165, 1.54) is 16.2 Å². The second-order valence-corrected chi connectivity index (χ2v) is 6.91. The SMILES string of the molecule is CC(NC(=O)c1cccs1)C(=O)N1Cc2ccccc2CC1C(=O)O. The molecule has 25 heavy (non-hydrogen) atoms. The van der Waals surface area contributed by atoms with Gasteiger partial charge >= 0.3 is 5.97 Å². The Morgan fingerprint density at radius 3 is 2.56 bits per heavy atom. The molecule has 3 rings (SSSR count). The molecule has 1 aliphatic rings. The Morgan fingerprint density at radius 2 is 1.92 bits per heavy atom. The van der Waals surface area contributed by atoms with Crippen molar-refractivity contribution in [2.45, 2.75) is 32.0 Å². The average Bonchev–Trinajstić information content (AvgIpc) is 3.14. The standard InChI is InChI=1S/C18H18N2O4S/c1-11(19-16(21)15-7-4-8-25-15)17(22)20-10-13-6-3-2-5-12(13)9-14(20)18(23)24/h2-8,11,14H,9-10H2,1H3,(H,19,21)(H,23,24). The molecule has 0 aliphatic carbocycles. The maximum absolute atomic E-state index is 12.8. The maximum Gasteiger partial charge on any atom is 0.326 e. The summed E-state index contributed by atoms with van der Waals surface area (Å²) in [5, 5.41) is 13.9. The van der Waals surface area contributed by atoms with E-state index in [1.54, 1.807) is 24.4 Å². The van der Waals surface area contributed by atoms with Gasteiger partial charge in [-0.05, 0) is 29.5 Å². The molecule has 2 heterocycles. The Bertz CT molecular complexity index is 803. The minimum absolute atomic E-state index is 0.227. The molecule has 2 unspecified atom stereocenters. The number of hydrogen-bond donors (Lipinski definition) is 2. The molecule has 0 radical (unpaired) electrons. The van der Waals surface area contributed by atoms with E-state index >= 15 is 0 Å². The van der Waals surface area contributed by atoms with E-state index in [0.29, 0.717) is 4.88 Å². The number of aliphatic carboxylic acids is 1. The fourth-order valence-corrected chi connectivity index (χ4v) is 3.59. The average molecular weight is 358 g/mol. The number of rotatable bonds is 4. The van der Waals surface area contributed by atoms with E-state index in [9.17, 15) is 19.5 Å². The van der Waals surface area contributed by atoms with Crippen molar-refractivity contribution in [2.24, 2.45) is 0 Å². The van der Waals surface area contributed by atoms with Gasteiger partial charge in [-0.25, -0.2) is 4.79 Å². The van der Waals surface area contributed by atoms with Gasteiger partial charge in [0.15, 0.2) is 0 Å². The van der Waals surface area contributed by atoms with Gasteiger partial charge in [0.2, 0.25) is 5.91 Å². The van der Waals surface area contributed by atoms with Crippen molar-refractivity contribution in [3.63, 3.8) is 0 Å². The molecule has 7 heteroatoms. The van der Waals surface area contributed by atoms with Crippen molar-refractivity contribution in [3.8, 4) is 0 Å². The molecule has 2 amide bonds. The monoisotopic (exact) mass is 358 g/mol. The summed E-state index contributed by atoms with van der Waals surface area (Å²) < 4.78 is 0. The summed E-state index contributed by atoms with van der Waals surface area (Å²) in [6, 6.07) is 9.20. The molecular weight excluding hydrogens is 340 g/mol. The van der Waals surface area contributed by atoms with Gasteiger partial charge in [0.1, 0.15) is 12.1 Å². The highest BCUT2D eigenvalue weighted by molar-refractivity contribution is 7.12. The Kier molecular flexibility index (Phi) is 4.85. The van der Waals surface area contributed by atoms with Crippen LogP contribution in [0.4, 0.5) is 0 Å². The number of amides is 2. The van der Waals surface area contributed by atoms with Crippen molar-refractivity contribution in [2.75, 3.05) is 0 Å². The number of carboxylic acids is 1. The highest BCUT2D eigenvalue weighted by Gasteiger charge is 2.36. The zero-order valence-electron chi connectivity index (χ0n) is 13.6. The Morgan fingerprint density at radius 1 is 1.20 bits per heavy atom. The molecule has 6 nitrogen and oxygen atoms in total. The van der Waals surface area contributed by atoms with Crippen molar-refractivity contribution in [1.29, 1.82) is 0 Å². The van der Waals surface area contributed by atoms with Crippen LogP contribution < -0.4 is 5.32 Å². The third-order valence-corrected chi connectivity index (χ3v) is 5.15. The molecule has 0 saturated heterocycles. The lowest BCUT2D eigenvalue weighted by atomic mass is 9.93. The van der Waals surface area contributed by atoms with Crippen molar-refractivity contribution in [3.05, 3.63) is 57.8 Å². The second kappa shape index (κ2) is 7.06. The predicted octanol–water partition coefficient (Wildman–Crippen LogP) is 1.90. The number of carbonyl (C=O) groups is 3. The van der Waals surface area contributed by atoms with Gasteiger partial charge in [0.25, 0.3) is 5.91 Å². The van der Waals surface area contributed by atoms with Crippen LogP contribution in [0.3, 0.4) is 0 Å². The fraction of sp³-hybridized carbons (Fsp3) is 0.278. The van der Waals surface area contributed by atoms with Crippen LogP contribution in [-0.4, -0.2) is 39.9 Å². The van der Waals surface area contributed by atoms with Gasteiger partial charge in [-0.3, -0.25) is 9.59 Å². The fourth-order valence-electron chi connectivity index (χ4n) is 2.96. The molecular formula is C18H18N2O4S. The van der Waals surface area contributed by atoms with Gasteiger partial charge in [0.05, 0.1) is 4.88 Å². The van der Waals surface area contributed by atoms with Crippen LogP contribution in [0.5, 0.6) is 0 Å². The third kappa shape index (κ3) is 3.56. The number of hydrogen-bond acceptors (Lipinski definition) is 4. The first-order chi connectivity index (χ1) is 12.0. The lowest BCUT2D eigenvalue weighted by Crippen LogP contribution is -2.54. The quantitative estimate of drug-likeness (QED) is 0.874. The van der Waals surface area contributed by atoms with Gasteiger partial charge in [-0.15, -0.1) is 11.3 Å². The molecule has 0 spiro atoms. The summed E-state index contributed by atoms with van der Waals surface area (Å²) in [6.07, 6.45) is 0.267. The molecule has 2 N–H and O–H groups in total. The van der Waals surface area contributed by atoms with E-state index in [0.717, 1.165) is 11.1 Å². The predicted molar refractivity (Wildman–Crippen MR) is 93.4 cm³/mol. The first-order valence-corrected chi connectivity index (χ1v) is 8.79. The van der Waals surface area contributed by atoms with Crippen LogP contribution in [-0.2, 0) is 22.6 Å². The Balaban J connectivity index is 1.77. The Labute approximate surface area is 149 Å². The van der Waals surface area contributed by atoms with Gasteiger partial charge in [0, 0.05) is 13.0 Å². The lowest BCUT2D eigenvalue weighted by Gasteiger charge is -2.36. The zero-order valence-corrected chi connectivity index (χ0v) is 14.5. The molecule has 2 atom stereocenters. The number of nitrogens with zero attached hydrogens (tertiary/aromatic N) is 1. The highest BCUT2D eigenvalue weighted by Crippen LogP contribution is 2.24. The minimum atomic E-state index is -1.04. The molecule has 0 saturated carbocycles. The van der Waals surface area contributed by atoms with Crippen LogP contribution in [0.2, 0.25) is 0 Å². The molecule has 1 aromatic heterocycles. The number of carbonyl (C=O) groups excluding carboxylic acids is 2. The largest absolute Gasteiger partial charge is 0.480 e. The number of fused-ring (bicyclic) bond motifs is 1. The number of benzene rings is 1. The van der Waals surface area contributed by atoms with Gasteiger partial charge in [-0.1, -0.05) is 30.3 Å². The van der Waals surface area contributed by atoms with E-state index in [-0.39, 0.29) is 18.9 Å². The first-order valence-electron chi connectivity index (χ1n) is 7.92. The smallest absolute Gasteiger partial charge is 0.326 e. The van der Waals surface area contributed by atoms with Crippen LogP contribution >= 0.6 is 11.3 Å². The number of nitrogens with one attached hydrogen (secondary N) is 1. The molecule has 2 aromatic rings. The van der Waals surface area contributed by atoms with E-state index in [4.69, 9.17) is 0 Å². The molecule has 0 fully saturated rings. The molecule has 1 aliphatic heterocycles. The van der Waals surface area contributed by atoms with E-state index in [2.05, 4.69) is 5.32 Å². The molecule has 130 valence electrons. The molecule has 1 aromatic carbocycles. The van der Waals surface area contributed by atoms with Crippen LogP contribution in [0.15, 0.2) is 41.8 Å². The van der Waals surface area contributed by atoms with Crippen molar-refractivity contribution in [1.82, 2.24) is 10.2 Å². The number of thiophene rings is 1. The minimum Gasteiger partial charge on any atom is -0.480 e. The first kappa shape index (κ1) is 17.2. The van der Waals surface area contributed by atoms with Crippen LogP contribution in [0, 0.1) is 0 Å². The zero-order chi connectivity index (χ0) is 18.0. The highest BCUT2D eigenvalue weighted by atomic mass is 32.1. The third-order valence-electron chi connectivity index (χ3n) is 4.28. The van der Waals surface area contributed by atoms with Crippen LogP contribution in [0.1, 0.15) is 27.7 Å². The normalized spacial score (nSPS) is 17.5. The summed E-state index contributed by atoms with van der Waals surface area (Å²) in [5.41, 5.74) is 1.87.